The Morgan fingerprint density at radius 3 is 2.85 bits per heavy atom. The van der Waals surface area contributed by atoms with E-state index in [9.17, 15) is 0 Å². The summed E-state index contributed by atoms with van der Waals surface area (Å²) in [6, 6.07) is 5.37. The van der Waals surface area contributed by atoms with Crippen LogP contribution in [0.4, 0.5) is 5.69 Å². The molecule has 1 heterocycles. The third-order valence-electron chi connectivity index (χ3n) is 2.75. The fourth-order valence-corrected chi connectivity index (χ4v) is 1.82. The first kappa shape index (κ1) is 14.3. The number of methoxy groups -OCH3 is 1. The summed E-state index contributed by atoms with van der Waals surface area (Å²) in [7, 11) is 1.60. The second kappa shape index (κ2) is 6.33. The van der Waals surface area contributed by atoms with Crippen molar-refractivity contribution >= 4 is 5.69 Å². The minimum atomic E-state index is 0.178. The molecule has 0 spiro atoms. The number of hydrogen-bond donors (Lipinski definition) is 1. The van der Waals surface area contributed by atoms with E-state index >= 15 is 0 Å². The van der Waals surface area contributed by atoms with E-state index in [0.717, 1.165) is 5.56 Å². The van der Waals surface area contributed by atoms with E-state index in [1.165, 1.54) is 0 Å². The maximum Gasteiger partial charge on any atom is 0.185 e. The summed E-state index contributed by atoms with van der Waals surface area (Å²) in [5.41, 5.74) is 7.22. The molecule has 0 saturated heterocycles. The smallest absolute Gasteiger partial charge is 0.185 e. The Hall–Kier alpha value is -2.15. The molecule has 108 valence electrons. The van der Waals surface area contributed by atoms with E-state index < -0.39 is 0 Å². The summed E-state index contributed by atoms with van der Waals surface area (Å²) in [5, 5.41) is 11.7. The molecule has 7 heteroatoms. The van der Waals surface area contributed by atoms with Crippen LogP contribution in [0, 0.1) is 0 Å². The molecule has 0 atom stereocenters. The van der Waals surface area contributed by atoms with Gasteiger partial charge in [0.2, 0.25) is 0 Å². The largest absolute Gasteiger partial charge is 0.496 e. The van der Waals surface area contributed by atoms with Gasteiger partial charge in [-0.25, -0.2) is 4.68 Å². The van der Waals surface area contributed by atoms with Crippen LogP contribution in [0.5, 0.6) is 5.75 Å². The quantitative estimate of drug-likeness (QED) is 0.802. The lowest BCUT2D eigenvalue weighted by atomic mass is 10.1. The highest BCUT2D eigenvalue weighted by Crippen LogP contribution is 2.29. The molecule has 0 aliphatic heterocycles. The van der Waals surface area contributed by atoms with E-state index in [1.54, 1.807) is 30.0 Å². The highest BCUT2D eigenvalue weighted by atomic mass is 16.5. The van der Waals surface area contributed by atoms with Crippen molar-refractivity contribution in [2.45, 2.75) is 26.5 Å². The first-order chi connectivity index (χ1) is 9.61. The summed E-state index contributed by atoms with van der Waals surface area (Å²) in [6.07, 6.45) is 0.178. The Labute approximate surface area is 117 Å². The van der Waals surface area contributed by atoms with Crippen LogP contribution in [0.3, 0.4) is 0 Å². The van der Waals surface area contributed by atoms with Gasteiger partial charge in [-0.2, -0.15) is 0 Å². The Balaban J connectivity index is 2.25. The number of rotatable bonds is 6. The van der Waals surface area contributed by atoms with Crippen LogP contribution < -0.4 is 10.5 Å². The molecule has 2 N–H and O–H groups in total. The molecule has 0 bridgehead atoms. The van der Waals surface area contributed by atoms with Crippen molar-refractivity contribution < 1.29 is 9.47 Å². The number of tetrazole rings is 1. The van der Waals surface area contributed by atoms with E-state index in [4.69, 9.17) is 15.2 Å². The summed E-state index contributed by atoms with van der Waals surface area (Å²) in [5.74, 6) is 1.29. The Kier molecular flexibility index (Phi) is 4.52. The molecule has 0 unspecified atom stereocenters. The average Bonchev–Trinajstić information content (AvgIpc) is 2.86. The summed E-state index contributed by atoms with van der Waals surface area (Å²) >= 11 is 0. The molecule has 0 aliphatic carbocycles. The van der Waals surface area contributed by atoms with Gasteiger partial charge in [0, 0.05) is 5.69 Å². The number of nitrogen functional groups attached to an aromatic ring is 1. The second-order valence-corrected chi connectivity index (χ2v) is 4.60. The third-order valence-corrected chi connectivity index (χ3v) is 2.75. The number of ether oxygens (including phenoxy) is 2. The zero-order valence-electron chi connectivity index (χ0n) is 11.9. The van der Waals surface area contributed by atoms with E-state index in [2.05, 4.69) is 15.5 Å². The molecular formula is C13H19N5O2. The van der Waals surface area contributed by atoms with Gasteiger partial charge in [0.25, 0.3) is 0 Å². The molecule has 20 heavy (non-hydrogen) atoms. The first-order valence-corrected chi connectivity index (χ1v) is 6.43. The molecule has 0 aliphatic rings. The number of anilines is 1. The monoisotopic (exact) mass is 277 g/mol. The van der Waals surface area contributed by atoms with Crippen LogP contribution in [0.15, 0.2) is 18.2 Å². The van der Waals surface area contributed by atoms with Crippen molar-refractivity contribution in [3.05, 3.63) is 18.2 Å². The van der Waals surface area contributed by atoms with Crippen LogP contribution in [-0.2, 0) is 11.3 Å². The Morgan fingerprint density at radius 1 is 1.35 bits per heavy atom. The van der Waals surface area contributed by atoms with Crippen LogP contribution in [0.2, 0.25) is 0 Å². The van der Waals surface area contributed by atoms with Crippen molar-refractivity contribution in [2.75, 3.05) is 19.5 Å². The summed E-state index contributed by atoms with van der Waals surface area (Å²) < 4.78 is 12.5. The van der Waals surface area contributed by atoms with E-state index in [-0.39, 0.29) is 6.10 Å². The van der Waals surface area contributed by atoms with Gasteiger partial charge in [-0.1, -0.05) is 0 Å². The van der Waals surface area contributed by atoms with Crippen molar-refractivity contribution in [1.29, 1.82) is 0 Å². The van der Waals surface area contributed by atoms with Crippen LogP contribution >= 0.6 is 0 Å². The lowest BCUT2D eigenvalue weighted by molar-refractivity contribution is 0.0709. The Morgan fingerprint density at radius 2 is 2.15 bits per heavy atom. The van der Waals surface area contributed by atoms with Crippen molar-refractivity contribution in [2.24, 2.45) is 0 Å². The molecular weight excluding hydrogens is 258 g/mol. The van der Waals surface area contributed by atoms with Crippen LogP contribution in [0.1, 0.15) is 13.8 Å². The molecule has 0 radical (unpaired) electrons. The standard InChI is InChI=1S/C13H19N5O2/c1-9(2)20-7-6-18-13(15-16-17-18)11-8-10(14)4-5-12(11)19-3/h4-5,8-9H,6-7,14H2,1-3H3. The molecule has 0 amide bonds. The molecule has 2 aromatic rings. The minimum absolute atomic E-state index is 0.178. The molecule has 1 aromatic carbocycles. The Bertz CT molecular complexity index is 568. The fourth-order valence-electron chi connectivity index (χ4n) is 1.82. The van der Waals surface area contributed by atoms with Gasteiger partial charge in [-0.3, -0.25) is 0 Å². The molecule has 0 fully saturated rings. The number of hydrogen-bond acceptors (Lipinski definition) is 6. The molecule has 2 rings (SSSR count). The highest BCUT2D eigenvalue weighted by molar-refractivity contribution is 5.68. The third kappa shape index (κ3) is 3.24. The van der Waals surface area contributed by atoms with E-state index in [1.807, 2.05) is 13.8 Å². The minimum Gasteiger partial charge on any atom is -0.496 e. The van der Waals surface area contributed by atoms with Gasteiger partial charge in [0.15, 0.2) is 5.82 Å². The van der Waals surface area contributed by atoms with E-state index in [0.29, 0.717) is 30.4 Å². The predicted molar refractivity (Wildman–Crippen MR) is 75.3 cm³/mol. The maximum atomic E-state index is 5.82. The van der Waals surface area contributed by atoms with Gasteiger partial charge in [0.1, 0.15) is 5.75 Å². The van der Waals surface area contributed by atoms with Crippen LogP contribution in [-0.4, -0.2) is 40.0 Å². The zero-order valence-corrected chi connectivity index (χ0v) is 11.9. The topological polar surface area (TPSA) is 88.1 Å². The predicted octanol–water partition coefficient (Wildman–Crippen LogP) is 1.36. The van der Waals surface area contributed by atoms with Crippen molar-refractivity contribution in [3.63, 3.8) is 0 Å². The number of nitrogens with zero attached hydrogens (tertiary/aromatic N) is 4. The first-order valence-electron chi connectivity index (χ1n) is 6.43. The molecule has 7 nitrogen and oxygen atoms in total. The van der Waals surface area contributed by atoms with Gasteiger partial charge < -0.3 is 15.2 Å². The van der Waals surface area contributed by atoms with Crippen LogP contribution in [0.25, 0.3) is 11.4 Å². The number of aromatic nitrogens is 4. The second-order valence-electron chi connectivity index (χ2n) is 4.60. The fraction of sp³-hybridized carbons (Fsp3) is 0.462. The van der Waals surface area contributed by atoms with Gasteiger partial charge in [-0.15, -0.1) is 5.10 Å². The van der Waals surface area contributed by atoms with Gasteiger partial charge in [-0.05, 0) is 42.5 Å². The maximum absolute atomic E-state index is 5.82. The normalized spacial score (nSPS) is 11.0. The van der Waals surface area contributed by atoms with Gasteiger partial charge in [0.05, 0.1) is 31.9 Å². The lowest BCUT2D eigenvalue weighted by Gasteiger charge is -2.11. The number of benzene rings is 1. The van der Waals surface area contributed by atoms with Crippen molar-refractivity contribution in [1.82, 2.24) is 20.2 Å². The number of nitrogens with two attached hydrogens (primary N) is 1. The zero-order chi connectivity index (χ0) is 14.5. The SMILES string of the molecule is COc1ccc(N)cc1-c1nnnn1CCOC(C)C. The summed E-state index contributed by atoms with van der Waals surface area (Å²) in [4.78, 5) is 0. The molecule has 1 aromatic heterocycles. The highest BCUT2D eigenvalue weighted by Gasteiger charge is 2.14. The lowest BCUT2D eigenvalue weighted by Crippen LogP contribution is -2.12. The summed E-state index contributed by atoms with van der Waals surface area (Å²) in [6.45, 7) is 5.08. The molecule has 0 saturated carbocycles. The average molecular weight is 277 g/mol. The van der Waals surface area contributed by atoms with Crippen molar-refractivity contribution in [3.8, 4) is 17.1 Å². The van der Waals surface area contributed by atoms with Gasteiger partial charge >= 0.3 is 0 Å².